The van der Waals surface area contributed by atoms with Crippen molar-refractivity contribution in [3.8, 4) is 22.5 Å². The number of benzene rings is 2. The summed E-state index contributed by atoms with van der Waals surface area (Å²) in [7, 11) is 0. The lowest BCUT2D eigenvalue weighted by Gasteiger charge is -2.36. The Morgan fingerprint density at radius 1 is 0.459 bits per heavy atom. The van der Waals surface area contributed by atoms with Crippen molar-refractivity contribution in [3.05, 3.63) is 191 Å². The quantitative estimate of drug-likeness (QED) is 0.0146. The van der Waals surface area contributed by atoms with Crippen LogP contribution in [0.5, 0.6) is 0 Å². The smallest absolute Gasteiger partial charge is 0.408 e. The number of aromatic nitrogens is 8. The van der Waals surface area contributed by atoms with Crippen molar-refractivity contribution in [2.45, 2.75) is 272 Å². The number of rotatable bonds is 25. The Bertz CT molecular complexity index is 6090. The molecule has 6 fully saturated rings. The van der Waals surface area contributed by atoms with Gasteiger partial charge in [-0.3, -0.25) is 47.9 Å². The zero-order valence-electron chi connectivity index (χ0n) is 85.6. The number of aliphatic hydroxyl groups is 1. The molecule has 796 valence electrons. The van der Waals surface area contributed by atoms with E-state index in [0.717, 1.165) is 16.8 Å². The summed E-state index contributed by atoms with van der Waals surface area (Å²) in [6.45, 7) is 48.0. The van der Waals surface area contributed by atoms with Gasteiger partial charge < -0.3 is 80.1 Å². The Hall–Kier alpha value is -10.9. The summed E-state index contributed by atoms with van der Waals surface area (Å²) >= 11 is 19.4. The summed E-state index contributed by atoms with van der Waals surface area (Å²) in [6, 6.07) is 14.1. The number of H-pyrrole nitrogens is 2. The zero-order valence-corrected chi connectivity index (χ0v) is 95.1. The molecular weight excluding hydrogens is 2290 g/mol. The molecule has 3 aliphatic heterocycles. The highest BCUT2D eigenvalue weighted by Crippen LogP contribution is 2.49. The first-order valence-electron chi connectivity index (χ1n) is 47.2. The molecule has 6 aliphatic rings. The lowest BCUT2D eigenvalue weighted by molar-refractivity contribution is -0.150. The highest BCUT2D eigenvalue weighted by Gasteiger charge is 2.65. The van der Waals surface area contributed by atoms with Gasteiger partial charge in [0.15, 0.2) is 0 Å². The first kappa shape index (κ1) is 120. The Morgan fingerprint density at radius 2 is 0.801 bits per heavy atom. The maximum absolute atomic E-state index is 14.4. The average molecular weight is 2420 g/mol. The molecule has 0 unspecified atom stereocenters. The number of alkyl carbamates (subject to hydrolysis) is 3. The van der Waals surface area contributed by atoms with Crippen LogP contribution in [0.25, 0.3) is 22.5 Å². The number of esters is 3. The number of likely N-dealkylation sites (tertiary alicyclic amines) is 3. The van der Waals surface area contributed by atoms with E-state index >= 15 is 0 Å². The molecule has 3 saturated carbocycles. The number of nitrogens with one attached hydrogen (secondary N) is 8. The van der Waals surface area contributed by atoms with Gasteiger partial charge in [0.05, 0.1) is 72.8 Å². The standard InChI is InChI=1S/C34H44BrN5O7.C28H39Br2N5O7.C24H39N3O7.C10H7BrN2O.C4H2Br2N2O/c1-9-21-18-34(21,30(44)46-10-2)37-28(42)24-16-22(40-25(41)17-23(35)26(38-40)20-14-12-11-13-15-20)19-39(24)29(43)27(32(3,4)5)36-31(45)47-33(6,7)8;1-9-15-12-28(15,24(39)41-10-2)33-21(36)18-11-16(35-22(37)19(30)17(29)13-31-35)14-34(18)23(38)20(26(3,4)5)32-25(40)42-27(6,7)8;1-9-14-12-24(14,20(31)33-10-2)26-18(29)16-11-15(28)13-27(16)19(30)17(22(3,4)5)25-21(32)34-23(6,7)8;11-8-6-9(14)12-13-10(8)7-4-2-1-3-5-7;5-2-1-7-8-4(9)3(2)6/h9,11-15,17,21-22,24,27H,1,10,16,18-19H2,2-8H3,(H,36,45)(H,37,42);9,13,15-16,18,20H,1,10-12,14H2,2-8H3,(H,32,40)(H,33,36);9,14-17,28H,1,10-13H2,2-8H3,(H,25,32)(H,26,29);1-6H,(H,12,14);1H,(H,8,9)/t21-,22-,24+,27-,34-;15-,16-,18+,20-,28-;14-,15+,16+,17-,24-;;/m111../s1. The summed E-state index contributed by atoms with van der Waals surface area (Å²) in [5.41, 5.74) is -6.76. The van der Waals surface area contributed by atoms with Gasteiger partial charge in [-0.25, -0.2) is 48.3 Å². The van der Waals surface area contributed by atoms with Gasteiger partial charge in [0, 0.05) is 79.9 Å². The number of aliphatic hydroxyl groups excluding tert-OH is 1. The lowest BCUT2D eigenvalue weighted by atomic mass is 9.85. The predicted molar refractivity (Wildman–Crippen MR) is 563 cm³/mol. The number of hydrogen-bond donors (Lipinski definition) is 9. The molecule has 4 aromatic heterocycles. The number of ether oxygens (including phenoxy) is 6. The molecule has 15 atom stereocenters. The van der Waals surface area contributed by atoms with Crippen LogP contribution in [0.4, 0.5) is 14.4 Å². The number of aromatic amines is 2. The lowest BCUT2D eigenvalue weighted by Crippen LogP contribution is -2.59. The van der Waals surface area contributed by atoms with Crippen LogP contribution in [-0.2, 0) is 71.6 Å². The van der Waals surface area contributed by atoms with Crippen LogP contribution < -0.4 is 54.1 Å². The van der Waals surface area contributed by atoms with Crippen molar-refractivity contribution >= 4 is 167 Å². The number of amides is 9. The van der Waals surface area contributed by atoms with Crippen molar-refractivity contribution in [1.82, 2.24) is 86.6 Å². The Labute approximate surface area is 897 Å². The third-order valence-corrected chi connectivity index (χ3v) is 28.9. The van der Waals surface area contributed by atoms with Crippen molar-refractivity contribution in [3.63, 3.8) is 0 Å². The molecular formula is C100H131Br6N17O23. The zero-order chi connectivity index (χ0) is 110. The first-order valence-corrected chi connectivity index (χ1v) is 52.0. The molecule has 3 saturated heterocycles. The molecule has 2 aromatic carbocycles. The van der Waals surface area contributed by atoms with Crippen molar-refractivity contribution in [2.75, 3.05) is 39.5 Å². The maximum Gasteiger partial charge on any atom is 0.408 e. The number of halogens is 6. The molecule has 40 nitrogen and oxygen atoms in total. The fourth-order valence-corrected chi connectivity index (χ4v) is 18.5. The van der Waals surface area contributed by atoms with E-state index in [1.807, 2.05) is 60.7 Å². The maximum atomic E-state index is 14.4. The van der Waals surface area contributed by atoms with E-state index < -0.39 is 187 Å². The van der Waals surface area contributed by atoms with E-state index in [1.165, 1.54) is 48.6 Å². The minimum atomic E-state index is -1.30. The van der Waals surface area contributed by atoms with Gasteiger partial charge in [-0.2, -0.15) is 20.4 Å². The van der Waals surface area contributed by atoms with Crippen molar-refractivity contribution < 1.29 is 91.1 Å². The molecule has 12 rings (SSSR count). The first-order chi connectivity index (χ1) is 67.8. The summed E-state index contributed by atoms with van der Waals surface area (Å²) in [4.78, 5) is 212. The molecule has 3 aliphatic carbocycles. The summed E-state index contributed by atoms with van der Waals surface area (Å²) in [5, 5.41) is 47.8. The van der Waals surface area contributed by atoms with E-state index in [-0.39, 0.29) is 92.1 Å². The molecule has 7 heterocycles. The third kappa shape index (κ3) is 31.1. The molecule has 9 N–H and O–H groups in total. The normalized spacial score (nSPS) is 22.4. The van der Waals surface area contributed by atoms with Crippen LogP contribution in [-0.4, -0.2) is 247 Å². The van der Waals surface area contributed by atoms with E-state index in [2.05, 4.69) is 178 Å². The second-order valence-electron chi connectivity index (χ2n) is 41.9. The topological polar surface area (TPSA) is 524 Å². The van der Waals surface area contributed by atoms with Crippen molar-refractivity contribution in [2.24, 2.45) is 34.0 Å². The SMILES string of the molecule is C=C[C@@H]1C[C@]1(NC(=O)[C@@H]1C[C@@H](n2nc(-c3ccccc3)c(Br)cc2=O)CN1C(=O)[C@@H](NC(=O)OC(C)(C)C)C(C)(C)C)C(=O)OCC.C=C[C@@H]1C[C@]1(NC(=O)[C@@H]1C[C@@H](n2ncc(Br)c(Br)c2=O)CN1C(=O)[C@@H](NC(=O)OC(C)(C)C)C(C)(C)C)C(=O)OCC.C=C[C@@H]1C[C@]1(NC(=O)[C@@H]1C[C@H](O)CN1C(=O)[C@@H](NC(=O)OC(C)(C)C)C(C)(C)C)C(=O)OCC.O=c1[nH]ncc(Br)c1Br.O=c1cc(Br)c(-c2ccccc2)n[nH]1. The van der Waals surface area contributed by atoms with Gasteiger partial charge in [0.25, 0.3) is 22.2 Å². The number of carbonyl (C=O) groups is 12. The van der Waals surface area contributed by atoms with Gasteiger partial charge in [0.1, 0.15) is 85.5 Å². The van der Waals surface area contributed by atoms with Gasteiger partial charge in [0.2, 0.25) is 35.4 Å². The Morgan fingerprint density at radius 3 is 1.13 bits per heavy atom. The highest BCUT2D eigenvalue weighted by atomic mass is 79.9. The average Bonchev–Trinajstić information content (AvgIpc) is 1.58. The van der Waals surface area contributed by atoms with E-state index in [1.54, 1.807) is 164 Å². The Kier molecular flexibility index (Phi) is 40.7. The largest absolute Gasteiger partial charge is 0.464 e. The number of β-amino-alcohol motifs (C(OH)–C–C–N with tert-alkyl or cyclic N) is 1. The minimum absolute atomic E-state index is 0.0124. The minimum Gasteiger partial charge on any atom is -0.464 e. The molecule has 0 bridgehead atoms. The number of nitrogens with zero attached hydrogens (tertiary/aromatic N) is 9. The molecule has 0 radical (unpaired) electrons. The summed E-state index contributed by atoms with van der Waals surface area (Å²) in [5.74, 6) is -5.99. The predicted octanol–water partition coefficient (Wildman–Crippen LogP) is 12.9. The number of hydrogen-bond acceptors (Lipinski definition) is 27. The molecule has 6 aromatic rings. The Balaban J connectivity index is 0.000000241. The molecule has 0 spiro atoms. The van der Waals surface area contributed by atoms with Crippen molar-refractivity contribution in [1.29, 1.82) is 0 Å². The van der Waals surface area contributed by atoms with Gasteiger partial charge in [-0.05, 0) is 214 Å². The van der Waals surface area contributed by atoms with Crippen LogP contribution >= 0.6 is 95.6 Å². The van der Waals surface area contributed by atoms with E-state index in [0.29, 0.717) is 47.3 Å². The van der Waals surface area contributed by atoms with Gasteiger partial charge in [-0.15, -0.1) is 19.7 Å². The number of carbonyl (C=O) groups excluding carboxylic acids is 12. The van der Waals surface area contributed by atoms with Gasteiger partial charge in [-0.1, -0.05) is 141 Å². The fraction of sp³-hybridized carbons (Fsp3) is 0.540. The molecule has 9 amide bonds. The highest BCUT2D eigenvalue weighted by molar-refractivity contribution is 9.13. The summed E-state index contributed by atoms with van der Waals surface area (Å²) < 4.78 is 37.3. The van der Waals surface area contributed by atoms with E-state index in [4.69, 9.17) is 28.4 Å². The monoisotopic (exact) mass is 2410 g/mol. The van der Waals surface area contributed by atoms with E-state index in [9.17, 15) is 81.8 Å². The fourth-order valence-electron chi connectivity index (χ4n) is 16.4. The van der Waals surface area contributed by atoms with Crippen LogP contribution in [0.15, 0.2) is 169 Å². The second kappa shape index (κ2) is 49.5. The molecule has 146 heavy (non-hydrogen) atoms. The van der Waals surface area contributed by atoms with Crippen LogP contribution in [0.2, 0.25) is 0 Å². The molecule has 46 heteroatoms. The summed E-state index contributed by atoms with van der Waals surface area (Å²) in [6.07, 6.45) is 5.54. The third-order valence-electron chi connectivity index (χ3n) is 23.9. The second-order valence-corrected chi connectivity index (χ2v) is 46.9. The van der Waals surface area contributed by atoms with Crippen LogP contribution in [0.3, 0.4) is 0 Å². The van der Waals surface area contributed by atoms with Crippen LogP contribution in [0, 0.1) is 34.0 Å². The van der Waals surface area contributed by atoms with Crippen LogP contribution in [0.1, 0.15) is 196 Å². The van der Waals surface area contributed by atoms with Gasteiger partial charge >= 0.3 is 36.2 Å².